The molecule has 2 atom stereocenters. The van der Waals surface area contributed by atoms with Crippen LogP contribution in [-0.4, -0.2) is 17.8 Å². The van der Waals surface area contributed by atoms with Gasteiger partial charge in [-0.3, -0.25) is 0 Å². The number of rotatable bonds is 3. The lowest BCUT2D eigenvalue weighted by Gasteiger charge is -2.37. The summed E-state index contributed by atoms with van der Waals surface area (Å²) in [5.41, 5.74) is -0.193. The van der Waals surface area contributed by atoms with Gasteiger partial charge in [-0.2, -0.15) is 0 Å². The minimum Gasteiger partial charge on any atom is -0.385 e. The summed E-state index contributed by atoms with van der Waals surface area (Å²) in [6.07, 6.45) is 3.25. The third kappa shape index (κ3) is 2.83. The minimum absolute atomic E-state index is 0.101. The summed E-state index contributed by atoms with van der Waals surface area (Å²) < 4.78 is 5.67. The Labute approximate surface area is 118 Å². The first-order valence-electron chi connectivity index (χ1n) is 6.35. The maximum absolute atomic E-state index is 10.8. The molecule has 2 rings (SSSR count). The van der Waals surface area contributed by atoms with Crippen molar-refractivity contribution in [1.82, 2.24) is 0 Å². The number of halogens is 2. The Morgan fingerprint density at radius 3 is 2.94 bits per heavy atom. The Hall–Kier alpha value is -0.280. The molecule has 2 unspecified atom stereocenters. The van der Waals surface area contributed by atoms with E-state index in [1.807, 2.05) is 12.1 Å². The van der Waals surface area contributed by atoms with Crippen molar-refractivity contribution < 1.29 is 9.84 Å². The van der Waals surface area contributed by atoms with Crippen LogP contribution >= 0.6 is 23.2 Å². The smallest absolute Gasteiger partial charge is 0.0958 e. The van der Waals surface area contributed by atoms with Gasteiger partial charge in [-0.1, -0.05) is 48.7 Å². The molecule has 0 saturated carbocycles. The number of hydrogen-bond donors (Lipinski definition) is 1. The first kappa shape index (κ1) is 14.1. The molecule has 1 fully saturated rings. The van der Waals surface area contributed by atoms with Crippen LogP contribution in [0.25, 0.3) is 0 Å². The molecule has 1 saturated heterocycles. The Balaban J connectivity index is 2.27. The van der Waals surface area contributed by atoms with Crippen LogP contribution in [0.15, 0.2) is 18.2 Å². The topological polar surface area (TPSA) is 29.5 Å². The first-order chi connectivity index (χ1) is 8.57. The molecule has 100 valence electrons. The highest BCUT2D eigenvalue weighted by atomic mass is 35.5. The summed E-state index contributed by atoms with van der Waals surface area (Å²) in [5, 5.41) is 11.8. The fraction of sp³-hybridized carbons (Fsp3) is 0.571. The highest BCUT2D eigenvalue weighted by Crippen LogP contribution is 2.41. The quantitative estimate of drug-likeness (QED) is 0.905. The predicted molar refractivity (Wildman–Crippen MR) is 74.2 cm³/mol. The second kappa shape index (κ2) is 5.79. The van der Waals surface area contributed by atoms with Gasteiger partial charge in [0.15, 0.2) is 0 Å². The van der Waals surface area contributed by atoms with Crippen LogP contribution in [0.5, 0.6) is 0 Å². The van der Waals surface area contributed by atoms with E-state index in [1.165, 1.54) is 0 Å². The minimum atomic E-state index is -0.917. The summed E-state index contributed by atoms with van der Waals surface area (Å²) in [6, 6.07) is 5.41. The van der Waals surface area contributed by atoms with Crippen molar-refractivity contribution in [3.05, 3.63) is 33.8 Å². The van der Waals surface area contributed by atoms with E-state index >= 15 is 0 Å². The van der Waals surface area contributed by atoms with Crippen LogP contribution in [-0.2, 0) is 10.3 Å². The zero-order valence-electron chi connectivity index (χ0n) is 10.5. The monoisotopic (exact) mass is 288 g/mol. The standard InChI is InChI=1S/C14H18Cl2O2/c1-2-4-10-9-14(17,7-8-18-10)11-5-3-6-12(15)13(11)16/h3,5-6,10,17H,2,4,7-9H2,1H3. The zero-order valence-corrected chi connectivity index (χ0v) is 12.0. The van der Waals surface area contributed by atoms with Crippen molar-refractivity contribution in [2.24, 2.45) is 0 Å². The van der Waals surface area contributed by atoms with Gasteiger partial charge in [-0.15, -0.1) is 0 Å². The van der Waals surface area contributed by atoms with Gasteiger partial charge in [0.25, 0.3) is 0 Å². The van der Waals surface area contributed by atoms with E-state index in [0.29, 0.717) is 29.5 Å². The van der Waals surface area contributed by atoms with Gasteiger partial charge in [0.1, 0.15) is 0 Å². The zero-order chi connectivity index (χ0) is 13.2. The maximum Gasteiger partial charge on any atom is 0.0958 e. The predicted octanol–water partition coefficient (Wildman–Crippen LogP) is 4.16. The Bertz CT molecular complexity index is 420. The Morgan fingerprint density at radius 2 is 2.22 bits per heavy atom. The highest BCUT2D eigenvalue weighted by molar-refractivity contribution is 6.42. The van der Waals surface area contributed by atoms with Gasteiger partial charge >= 0.3 is 0 Å². The molecule has 1 aliphatic heterocycles. The molecule has 0 aliphatic carbocycles. The number of benzene rings is 1. The van der Waals surface area contributed by atoms with Crippen LogP contribution in [0.3, 0.4) is 0 Å². The molecular formula is C14H18Cl2O2. The van der Waals surface area contributed by atoms with Gasteiger partial charge < -0.3 is 9.84 Å². The largest absolute Gasteiger partial charge is 0.385 e. The third-order valence-corrected chi connectivity index (χ3v) is 4.32. The Morgan fingerprint density at radius 1 is 1.44 bits per heavy atom. The van der Waals surface area contributed by atoms with Crippen molar-refractivity contribution in [3.8, 4) is 0 Å². The lowest BCUT2D eigenvalue weighted by Crippen LogP contribution is -2.38. The van der Waals surface area contributed by atoms with Crippen molar-refractivity contribution in [3.63, 3.8) is 0 Å². The molecular weight excluding hydrogens is 271 g/mol. The van der Waals surface area contributed by atoms with Gasteiger partial charge in [0.05, 0.1) is 28.4 Å². The van der Waals surface area contributed by atoms with Gasteiger partial charge in [0, 0.05) is 18.4 Å². The molecule has 0 amide bonds. The maximum atomic E-state index is 10.8. The molecule has 0 aromatic heterocycles. The highest BCUT2D eigenvalue weighted by Gasteiger charge is 2.38. The molecule has 18 heavy (non-hydrogen) atoms. The molecule has 1 aromatic carbocycles. The van der Waals surface area contributed by atoms with Gasteiger partial charge in [-0.05, 0) is 12.5 Å². The van der Waals surface area contributed by atoms with Crippen molar-refractivity contribution in [2.75, 3.05) is 6.61 Å². The molecule has 1 aliphatic rings. The van der Waals surface area contributed by atoms with Crippen LogP contribution in [0, 0.1) is 0 Å². The second-order valence-electron chi connectivity index (χ2n) is 4.87. The first-order valence-corrected chi connectivity index (χ1v) is 7.11. The molecule has 1 N–H and O–H groups in total. The second-order valence-corrected chi connectivity index (χ2v) is 5.65. The third-order valence-electron chi connectivity index (χ3n) is 3.50. The van der Waals surface area contributed by atoms with Crippen LogP contribution in [0.4, 0.5) is 0 Å². The lowest BCUT2D eigenvalue weighted by molar-refractivity contribution is -0.110. The molecule has 4 heteroatoms. The van der Waals surface area contributed by atoms with E-state index in [9.17, 15) is 5.11 Å². The number of hydrogen-bond acceptors (Lipinski definition) is 2. The molecule has 0 spiro atoms. The van der Waals surface area contributed by atoms with Crippen LogP contribution in [0.2, 0.25) is 10.0 Å². The van der Waals surface area contributed by atoms with E-state index in [1.54, 1.807) is 6.07 Å². The SMILES string of the molecule is CCCC1CC(O)(c2cccc(Cl)c2Cl)CCO1. The van der Waals surface area contributed by atoms with Crippen LogP contribution < -0.4 is 0 Å². The lowest BCUT2D eigenvalue weighted by atomic mass is 9.83. The summed E-state index contributed by atoms with van der Waals surface area (Å²) in [7, 11) is 0. The van der Waals surface area contributed by atoms with E-state index in [4.69, 9.17) is 27.9 Å². The fourth-order valence-corrected chi connectivity index (χ4v) is 3.02. The van der Waals surface area contributed by atoms with Gasteiger partial charge in [0.2, 0.25) is 0 Å². The van der Waals surface area contributed by atoms with E-state index in [-0.39, 0.29) is 6.10 Å². The molecule has 0 bridgehead atoms. The Kier molecular flexibility index (Phi) is 4.54. The summed E-state index contributed by atoms with van der Waals surface area (Å²) in [4.78, 5) is 0. The molecule has 0 radical (unpaired) electrons. The number of ether oxygens (including phenoxy) is 1. The molecule has 2 nitrogen and oxygen atoms in total. The van der Waals surface area contributed by atoms with Gasteiger partial charge in [-0.25, -0.2) is 0 Å². The summed E-state index contributed by atoms with van der Waals surface area (Å²) in [6.45, 7) is 2.67. The molecule has 1 aromatic rings. The van der Waals surface area contributed by atoms with E-state index in [0.717, 1.165) is 18.4 Å². The molecule has 1 heterocycles. The normalized spacial score (nSPS) is 28.3. The van der Waals surface area contributed by atoms with Crippen molar-refractivity contribution >= 4 is 23.2 Å². The van der Waals surface area contributed by atoms with Crippen LogP contribution in [0.1, 0.15) is 38.2 Å². The number of aliphatic hydroxyl groups is 1. The summed E-state index contributed by atoms with van der Waals surface area (Å²) in [5.74, 6) is 0. The average Bonchev–Trinajstić information content (AvgIpc) is 2.33. The van der Waals surface area contributed by atoms with Crippen molar-refractivity contribution in [1.29, 1.82) is 0 Å². The van der Waals surface area contributed by atoms with Crippen molar-refractivity contribution in [2.45, 2.75) is 44.3 Å². The fourth-order valence-electron chi connectivity index (χ4n) is 2.55. The van der Waals surface area contributed by atoms with E-state index < -0.39 is 5.60 Å². The summed E-state index contributed by atoms with van der Waals surface area (Å²) >= 11 is 12.2. The van der Waals surface area contributed by atoms with E-state index in [2.05, 4.69) is 6.92 Å². The average molecular weight is 289 g/mol.